The van der Waals surface area contributed by atoms with Crippen molar-refractivity contribution in [2.45, 2.75) is 18.6 Å². The number of nitro groups is 1. The van der Waals surface area contributed by atoms with Gasteiger partial charge < -0.3 is 10.2 Å². The van der Waals surface area contributed by atoms with Gasteiger partial charge in [-0.1, -0.05) is 0 Å². The topological polar surface area (TPSA) is 134 Å². The lowest BCUT2D eigenvalue weighted by molar-refractivity contribution is -0.384. The van der Waals surface area contributed by atoms with E-state index >= 15 is 0 Å². The summed E-state index contributed by atoms with van der Waals surface area (Å²) in [6, 6.07) is 4.11. The minimum atomic E-state index is -4.58. The van der Waals surface area contributed by atoms with E-state index in [1.54, 1.807) is 5.32 Å². The van der Waals surface area contributed by atoms with Crippen LogP contribution < -0.4 is 20.4 Å². The number of hydrogen-bond donors (Lipinski definition) is 2. The molecule has 4 rings (SSSR count). The quantitative estimate of drug-likeness (QED) is 0.538. The molecular formula is C18H16F3N7O4. The van der Waals surface area contributed by atoms with Gasteiger partial charge in [-0.15, -0.1) is 0 Å². The van der Waals surface area contributed by atoms with Gasteiger partial charge in [0.05, 0.1) is 22.7 Å². The van der Waals surface area contributed by atoms with Crippen LogP contribution in [0.4, 0.5) is 41.0 Å². The molecule has 0 saturated carbocycles. The Balaban J connectivity index is 1.61. The van der Waals surface area contributed by atoms with Crippen molar-refractivity contribution in [3.8, 4) is 0 Å². The number of anilines is 3. The maximum absolute atomic E-state index is 13.0. The summed E-state index contributed by atoms with van der Waals surface area (Å²) in [6.45, 7) is -0.385. The first kappa shape index (κ1) is 21.3. The molecule has 2 N–H and O–H groups in total. The summed E-state index contributed by atoms with van der Waals surface area (Å²) in [4.78, 5) is 46.8. The molecule has 1 atom stereocenters. The summed E-state index contributed by atoms with van der Waals surface area (Å²) in [6.07, 6.45) is -2.80. The average molecular weight is 451 g/mol. The predicted octanol–water partition coefficient (Wildman–Crippen LogP) is 2.31. The molecule has 2 aromatic rings. The van der Waals surface area contributed by atoms with Crippen LogP contribution in [0.5, 0.6) is 0 Å². The van der Waals surface area contributed by atoms with E-state index in [1.165, 1.54) is 29.3 Å². The lowest BCUT2D eigenvalue weighted by Crippen LogP contribution is -2.48. The molecule has 1 saturated heterocycles. The van der Waals surface area contributed by atoms with E-state index in [0.29, 0.717) is 25.2 Å². The van der Waals surface area contributed by atoms with Gasteiger partial charge in [0.25, 0.3) is 11.6 Å². The van der Waals surface area contributed by atoms with Crippen molar-refractivity contribution in [1.29, 1.82) is 0 Å². The Morgan fingerprint density at radius 2 is 2.06 bits per heavy atom. The Kier molecular flexibility index (Phi) is 5.28. The number of aromatic nitrogens is 2. The Labute approximate surface area is 178 Å². The van der Waals surface area contributed by atoms with E-state index in [2.05, 4.69) is 15.3 Å². The molecule has 32 heavy (non-hydrogen) atoms. The number of urea groups is 1. The zero-order valence-corrected chi connectivity index (χ0v) is 16.3. The monoisotopic (exact) mass is 451 g/mol. The van der Waals surface area contributed by atoms with Crippen molar-refractivity contribution in [2.75, 3.05) is 34.8 Å². The molecule has 0 spiro atoms. The first-order valence-corrected chi connectivity index (χ1v) is 9.44. The number of rotatable bonds is 4. The van der Waals surface area contributed by atoms with Crippen LogP contribution >= 0.6 is 0 Å². The van der Waals surface area contributed by atoms with E-state index in [0.717, 1.165) is 6.07 Å². The van der Waals surface area contributed by atoms with Crippen LogP contribution in [0.2, 0.25) is 0 Å². The first-order valence-electron chi connectivity index (χ1n) is 9.44. The molecule has 1 fully saturated rings. The highest BCUT2D eigenvalue weighted by Crippen LogP contribution is 2.39. The molecule has 14 heteroatoms. The summed E-state index contributed by atoms with van der Waals surface area (Å²) in [5, 5.41) is 15.2. The van der Waals surface area contributed by atoms with Gasteiger partial charge in [-0.25, -0.2) is 14.8 Å². The van der Waals surface area contributed by atoms with Crippen LogP contribution in [0.1, 0.15) is 16.9 Å². The standard InChI is InChI=1S/C18H16F3N7O4/c19-18(20,21)9-23-16(29)12-1-2-13-15(24-12)27(11-4-6-26(13)8-11)17(30)25-14-7-10(28(31)32)3-5-22-14/h1-3,5,7,11H,4,6,8-9H2,(H,23,29)(H,22,25,30). The number of amides is 3. The number of nitrogens with zero attached hydrogens (tertiary/aromatic N) is 5. The van der Waals surface area contributed by atoms with E-state index in [-0.39, 0.29) is 29.1 Å². The van der Waals surface area contributed by atoms with Crippen LogP contribution in [0, 0.1) is 10.1 Å². The number of nitrogens with one attached hydrogen (secondary N) is 2. The SMILES string of the molecule is O=C(NCC(F)(F)F)c1ccc2c(n1)N(C(=O)Nc1cc([N+](=O)[O-])ccn1)C1CCN2C1. The summed E-state index contributed by atoms with van der Waals surface area (Å²) >= 11 is 0. The van der Waals surface area contributed by atoms with Crippen molar-refractivity contribution in [3.05, 3.63) is 46.3 Å². The van der Waals surface area contributed by atoms with Crippen LogP contribution in [-0.2, 0) is 0 Å². The van der Waals surface area contributed by atoms with Gasteiger partial charge in [-0.3, -0.25) is 25.1 Å². The fourth-order valence-electron chi connectivity index (χ4n) is 3.64. The third-order valence-electron chi connectivity index (χ3n) is 5.04. The van der Waals surface area contributed by atoms with Crippen molar-refractivity contribution < 1.29 is 27.7 Å². The largest absolute Gasteiger partial charge is 0.405 e. The summed E-state index contributed by atoms with van der Waals surface area (Å²) in [7, 11) is 0. The Bertz CT molecular complexity index is 1090. The molecular weight excluding hydrogens is 435 g/mol. The smallest absolute Gasteiger partial charge is 0.366 e. The molecule has 0 aromatic carbocycles. The molecule has 0 radical (unpaired) electrons. The second-order valence-corrected chi connectivity index (χ2v) is 7.18. The lowest BCUT2D eigenvalue weighted by atomic mass is 10.1. The van der Waals surface area contributed by atoms with Crippen molar-refractivity contribution in [2.24, 2.45) is 0 Å². The van der Waals surface area contributed by atoms with Crippen LogP contribution in [0.15, 0.2) is 30.5 Å². The number of carbonyl (C=O) groups excluding carboxylic acids is 2. The minimum absolute atomic E-state index is 0.0507. The lowest BCUT2D eigenvalue weighted by Gasteiger charge is -2.35. The fourth-order valence-corrected chi connectivity index (χ4v) is 3.64. The third-order valence-corrected chi connectivity index (χ3v) is 5.04. The Morgan fingerprint density at radius 3 is 2.78 bits per heavy atom. The Hall–Kier alpha value is -3.97. The summed E-state index contributed by atoms with van der Waals surface area (Å²) in [5.41, 5.74) is 0.0122. The molecule has 1 unspecified atom stereocenters. The van der Waals surface area contributed by atoms with Gasteiger partial charge in [0.1, 0.15) is 18.1 Å². The molecule has 3 amide bonds. The molecule has 168 valence electrons. The fraction of sp³-hybridized carbons (Fsp3) is 0.333. The summed E-state index contributed by atoms with van der Waals surface area (Å²) < 4.78 is 37.3. The van der Waals surface area contributed by atoms with Crippen LogP contribution in [0.25, 0.3) is 0 Å². The molecule has 4 heterocycles. The molecule has 2 aliphatic rings. The van der Waals surface area contributed by atoms with E-state index in [4.69, 9.17) is 0 Å². The van der Waals surface area contributed by atoms with Gasteiger partial charge in [0.15, 0.2) is 5.82 Å². The third kappa shape index (κ3) is 4.24. The van der Waals surface area contributed by atoms with E-state index in [1.807, 2.05) is 4.90 Å². The number of fused-ring (bicyclic) bond motifs is 4. The highest BCUT2D eigenvalue weighted by atomic mass is 19.4. The number of pyridine rings is 2. The highest BCUT2D eigenvalue weighted by Gasteiger charge is 2.41. The minimum Gasteiger partial charge on any atom is -0.366 e. The van der Waals surface area contributed by atoms with Gasteiger partial charge in [-0.05, 0) is 18.6 Å². The molecule has 11 nitrogen and oxygen atoms in total. The number of alkyl halides is 3. The van der Waals surface area contributed by atoms with Crippen LogP contribution in [0.3, 0.4) is 0 Å². The zero-order chi connectivity index (χ0) is 23.0. The number of halogens is 3. The molecule has 0 aliphatic carbocycles. The number of carbonyl (C=O) groups is 2. The van der Waals surface area contributed by atoms with Crippen molar-refractivity contribution in [1.82, 2.24) is 15.3 Å². The van der Waals surface area contributed by atoms with E-state index < -0.39 is 29.6 Å². The number of hydrogen-bond acceptors (Lipinski definition) is 7. The molecule has 2 aromatic heterocycles. The normalized spacial score (nSPS) is 17.0. The van der Waals surface area contributed by atoms with Gasteiger partial charge in [0.2, 0.25) is 0 Å². The van der Waals surface area contributed by atoms with Gasteiger partial charge in [-0.2, -0.15) is 13.2 Å². The van der Waals surface area contributed by atoms with Gasteiger partial charge >= 0.3 is 12.2 Å². The maximum atomic E-state index is 13.0. The second-order valence-electron chi connectivity index (χ2n) is 7.18. The highest BCUT2D eigenvalue weighted by molar-refractivity contribution is 6.05. The van der Waals surface area contributed by atoms with Gasteiger partial charge in [0, 0.05) is 25.4 Å². The average Bonchev–Trinajstić information content (AvgIpc) is 3.15. The second kappa shape index (κ2) is 7.94. The van der Waals surface area contributed by atoms with Crippen molar-refractivity contribution in [3.63, 3.8) is 0 Å². The zero-order valence-electron chi connectivity index (χ0n) is 16.3. The maximum Gasteiger partial charge on any atom is 0.405 e. The summed E-state index contributed by atoms with van der Waals surface area (Å²) in [5.74, 6) is -0.967. The predicted molar refractivity (Wildman–Crippen MR) is 106 cm³/mol. The molecule has 2 aliphatic heterocycles. The van der Waals surface area contributed by atoms with Crippen LogP contribution in [-0.4, -0.2) is 58.7 Å². The molecule has 2 bridgehead atoms. The van der Waals surface area contributed by atoms with Crippen molar-refractivity contribution >= 4 is 34.9 Å². The first-order chi connectivity index (χ1) is 15.1. The van der Waals surface area contributed by atoms with E-state index in [9.17, 15) is 32.9 Å². The Morgan fingerprint density at radius 1 is 1.28 bits per heavy atom.